The normalized spacial score (nSPS) is 17.9. The van der Waals surface area contributed by atoms with E-state index in [4.69, 9.17) is 19.0 Å². The lowest BCUT2D eigenvalue weighted by Crippen LogP contribution is -2.55. The fraction of sp³-hybridized carbons (Fsp3) is 0.595. The van der Waals surface area contributed by atoms with Gasteiger partial charge in [0.05, 0.1) is 32.0 Å². The molecule has 2 atom stereocenters. The number of hydrogen-bond donors (Lipinski definition) is 2. The highest BCUT2D eigenvalue weighted by atomic mass is 16.8. The number of nitrogens with zero attached hydrogens (tertiary/aromatic N) is 5. The maximum atomic E-state index is 13.8. The van der Waals surface area contributed by atoms with Gasteiger partial charge in [-0.25, -0.2) is 9.48 Å². The van der Waals surface area contributed by atoms with E-state index in [1.165, 1.54) is 25.6 Å². The number of aromatic nitrogens is 2. The Balaban J connectivity index is 1.27. The second-order valence-electron chi connectivity index (χ2n) is 13.5. The number of unbranched alkanes of at least 4 members (excludes halogenated alkanes) is 1. The summed E-state index contributed by atoms with van der Waals surface area (Å²) < 4.78 is 17.5. The lowest BCUT2D eigenvalue weighted by Gasteiger charge is -2.35. The fourth-order valence-electron chi connectivity index (χ4n) is 6.36. The Kier molecular flexibility index (Phi) is 14.6. The predicted molar refractivity (Wildman–Crippen MR) is 192 cm³/mol. The number of esters is 1. The fourth-order valence-corrected chi connectivity index (χ4v) is 6.36. The van der Waals surface area contributed by atoms with Gasteiger partial charge in [0.15, 0.2) is 12.3 Å². The average Bonchev–Trinajstić information content (AvgIpc) is 3.83. The van der Waals surface area contributed by atoms with Gasteiger partial charge in [-0.05, 0) is 64.0 Å². The van der Waals surface area contributed by atoms with Gasteiger partial charge >= 0.3 is 12.1 Å². The molecular formula is C37H51N7O10. The summed E-state index contributed by atoms with van der Waals surface area (Å²) in [4.78, 5) is 86.4. The molecule has 17 heteroatoms. The zero-order valence-electron chi connectivity index (χ0n) is 31.0. The van der Waals surface area contributed by atoms with Crippen molar-refractivity contribution in [2.75, 3.05) is 52.5 Å². The van der Waals surface area contributed by atoms with Crippen LogP contribution in [0, 0.1) is 0 Å². The number of piperazine rings is 1. The number of likely N-dealkylation sites (tertiary alicyclic amines) is 1. The molecule has 2 aliphatic heterocycles. The number of benzene rings is 1. The van der Waals surface area contributed by atoms with Crippen LogP contribution in [-0.2, 0) is 33.5 Å². The third kappa shape index (κ3) is 10.9. The van der Waals surface area contributed by atoms with Crippen LogP contribution < -0.4 is 15.4 Å². The molecule has 1 aromatic heterocycles. The van der Waals surface area contributed by atoms with E-state index in [9.17, 15) is 28.8 Å². The zero-order chi connectivity index (χ0) is 38.5. The molecule has 0 unspecified atom stereocenters. The molecule has 1 aromatic carbocycles. The van der Waals surface area contributed by atoms with Gasteiger partial charge < -0.3 is 39.5 Å². The molecule has 294 valence electrons. The monoisotopic (exact) mass is 753 g/mol. The summed E-state index contributed by atoms with van der Waals surface area (Å²) in [5.41, 5.74) is 0.472. The Morgan fingerprint density at radius 1 is 0.926 bits per heavy atom. The van der Waals surface area contributed by atoms with Gasteiger partial charge in [-0.15, -0.1) is 5.06 Å². The molecule has 5 rings (SSSR count). The van der Waals surface area contributed by atoms with E-state index in [-0.39, 0.29) is 88.3 Å². The molecule has 2 saturated heterocycles. The van der Waals surface area contributed by atoms with Crippen LogP contribution in [0.25, 0.3) is 5.69 Å². The maximum Gasteiger partial charge on any atom is 0.527 e. The molecule has 2 aromatic rings. The van der Waals surface area contributed by atoms with Crippen LogP contribution in [-0.4, -0.2) is 131 Å². The third-order valence-electron chi connectivity index (χ3n) is 9.60. The van der Waals surface area contributed by atoms with Gasteiger partial charge in [-0.2, -0.15) is 5.10 Å². The highest BCUT2D eigenvalue weighted by Crippen LogP contribution is 2.24. The van der Waals surface area contributed by atoms with Gasteiger partial charge in [0.25, 0.3) is 11.8 Å². The van der Waals surface area contributed by atoms with Crippen molar-refractivity contribution in [1.29, 1.82) is 0 Å². The highest BCUT2D eigenvalue weighted by molar-refractivity contribution is 5.96. The van der Waals surface area contributed by atoms with Crippen molar-refractivity contribution in [1.82, 2.24) is 35.3 Å². The molecule has 54 heavy (non-hydrogen) atoms. The van der Waals surface area contributed by atoms with Crippen LogP contribution in [0.3, 0.4) is 0 Å². The van der Waals surface area contributed by atoms with Crippen molar-refractivity contribution in [2.24, 2.45) is 0 Å². The molecule has 1 saturated carbocycles. The summed E-state index contributed by atoms with van der Waals surface area (Å²) in [5.74, 6) is -2.02. The van der Waals surface area contributed by atoms with Crippen molar-refractivity contribution < 1.29 is 47.8 Å². The Morgan fingerprint density at radius 3 is 2.37 bits per heavy atom. The minimum atomic E-state index is -1.11. The topological polar surface area (TPSA) is 191 Å². The highest BCUT2D eigenvalue weighted by Gasteiger charge is 2.36. The first kappa shape index (κ1) is 40.0. The average molecular weight is 754 g/mol. The summed E-state index contributed by atoms with van der Waals surface area (Å²) in [7, 11) is 0. The summed E-state index contributed by atoms with van der Waals surface area (Å²) in [6, 6.07) is 8.77. The lowest BCUT2D eigenvalue weighted by molar-refractivity contribution is -0.157. The van der Waals surface area contributed by atoms with Gasteiger partial charge in [0.2, 0.25) is 17.7 Å². The molecule has 3 aliphatic rings. The molecular weight excluding hydrogens is 702 g/mol. The smallest absolute Gasteiger partial charge is 0.467 e. The molecule has 17 nitrogen and oxygen atoms in total. The Labute approximate surface area is 314 Å². The van der Waals surface area contributed by atoms with Crippen molar-refractivity contribution in [3.63, 3.8) is 0 Å². The van der Waals surface area contributed by atoms with Crippen LogP contribution >= 0.6 is 0 Å². The second-order valence-corrected chi connectivity index (χ2v) is 13.5. The molecule has 0 spiro atoms. The number of rotatable bonds is 17. The number of carbonyl (C=O) groups is 6. The zero-order valence-corrected chi connectivity index (χ0v) is 31.0. The largest absolute Gasteiger partial charge is 0.527 e. The maximum absolute atomic E-state index is 13.8. The van der Waals surface area contributed by atoms with E-state index in [2.05, 4.69) is 15.7 Å². The van der Waals surface area contributed by atoms with Crippen molar-refractivity contribution in [3.8, 4) is 11.6 Å². The molecule has 3 heterocycles. The Bertz CT molecular complexity index is 1610. The van der Waals surface area contributed by atoms with Gasteiger partial charge in [0, 0.05) is 38.2 Å². The summed E-state index contributed by atoms with van der Waals surface area (Å²) in [6.07, 6.45) is 4.82. The van der Waals surface area contributed by atoms with E-state index in [0.717, 1.165) is 25.7 Å². The summed E-state index contributed by atoms with van der Waals surface area (Å²) >= 11 is 0. The van der Waals surface area contributed by atoms with E-state index in [0.29, 0.717) is 31.5 Å². The quantitative estimate of drug-likeness (QED) is 0.178. The minimum Gasteiger partial charge on any atom is -0.467 e. The summed E-state index contributed by atoms with van der Waals surface area (Å²) in [5, 5.41) is 11.7. The van der Waals surface area contributed by atoms with Crippen LogP contribution in [0.4, 0.5) is 4.79 Å². The molecule has 3 fully saturated rings. The van der Waals surface area contributed by atoms with Crippen LogP contribution in [0.1, 0.15) is 82.1 Å². The van der Waals surface area contributed by atoms with E-state index < -0.39 is 36.0 Å². The molecule has 0 bridgehead atoms. The molecule has 0 radical (unpaired) electrons. The standard InChI is InChI=1S/C37H51N7O10/c1-3-5-23-52-33(46)17-16-28(36(49)41-19-21-42(22-20-41)54-37(50)51-4-2)39-34(47)29-24-32(44(40-29)27-13-7-6-8-14-27)53-25-31(45)43-18-10-15-30(43)35(48)38-26-11-9-12-26/h6-8,13-14,24,26,28,30H,3-5,9-12,15-23,25H2,1-2H3,(H,38,48)(H,39,47)/t28-,30-/m0/s1. The van der Waals surface area contributed by atoms with E-state index in [1.807, 2.05) is 13.0 Å². The summed E-state index contributed by atoms with van der Waals surface area (Å²) in [6.45, 7) is 4.93. The molecule has 2 N–H and O–H groups in total. The molecule has 4 amide bonds. The number of carbonyl (C=O) groups excluding carboxylic acids is 6. The van der Waals surface area contributed by atoms with Crippen LogP contribution in [0.15, 0.2) is 36.4 Å². The minimum absolute atomic E-state index is 0.0301. The van der Waals surface area contributed by atoms with Crippen LogP contribution in [0.2, 0.25) is 0 Å². The van der Waals surface area contributed by atoms with Crippen LogP contribution in [0.5, 0.6) is 5.88 Å². The van der Waals surface area contributed by atoms with E-state index in [1.54, 1.807) is 31.2 Å². The predicted octanol–water partition coefficient (Wildman–Crippen LogP) is 2.37. The Hall–Kier alpha value is -5.19. The first-order chi connectivity index (χ1) is 26.2. The SMILES string of the molecule is CCCCOC(=O)CC[C@H](NC(=O)c1cc(OCC(=O)N2CCC[C@H]2C(=O)NC2CCC2)n(-c2ccccc2)n1)C(=O)N1CCN(OC(=O)OCC)CC1. The number of ether oxygens (including phenoxy) is 3. The number of nitrogens with one attached hydrogen (secondary N) is 2. The van der Waals surface area contributed by atoms with Crippen molar-refractivity contribution in [3.05, 3.63) is 42.1 Å². The first-order valence-corrected chi connectivity index (χ1v) is 18.9. The van der Waals surface area contributed by atoms with Gasteiger partial charge in [-0.1, -0.05) is 31.5 Å². The first-order valence-electron chi connectivity index (χ1n) is 18.9. The number of para-hydroxylation sites is 1. The second kappa shape index (κ2) is 19.8. The molecule has 1 aliphatic carbocycles. The van der Waals surface area contributed by atoms with Gasteiger partial charge in [0.1, 0.15) is 12.1 Å². The van der Waals surface area contributed by atoms with E-state index >= 15 is 0 Å². The number of hydroxylamine groups is 2. The van der Waals surface area contributed by atoms with Gasteiger partial charge in [-0.3, -0.25) is 24.0 Å². The number of hydrogen-bond acceptors (Lipinski definition) is 12. The lowest BCUT2D eigenvalue weighted by atomic mass is 9.93. The third-order valence-corrected chi connectivity index (χ3v) is 9.60. The number of amides is 4. The van der Waals surface area contributed by atoms with Crippen molar-refractivity contribution in [2.45, 2.75) is 89.8 Å². The Morgan fingerprint density at radius 2 is 1.69 bits per heavy atom. The van der Waals surface area contributed by atoms with Crippen molar-refractivity contribution >= 4 is 35.8 Å².